The Morgan fingerprint density at radius 1 is 0.300 bits per heavy atom. The first-order chi connectivity index (χ1) is 36.7. The van der Waals surface area contributed by atoms with E-state index in [1.54, 1.807) is 27.7 Å². The fourth-order valence-corrected chi connectivity index (χ4v) is 10.5. The summed E-state index contributed by atoms with van der Waals surface area (Å²) in [5, 5.41) is 0. The second-order valence-electron chi connectivity index (χ2n) is 27.5. The predicted octanol–water partition coefficient (Wildman–Crippen LogP) is 14.3. The second-order valence-corrected chi connectivity index (χ2v) is 27.5. The molecule has 0 aromatic heterocycles. The molecule has 0 N–H and O–H groups in total. The number of carbonyl (C=O) groups is 4. The van der Waals surface area contributed by atoms with Gasteiger partial charge >= 0.3 is 23.9 Å². The molecule has 0 heterocycles. The van der Waals surface area contributed by atoms with Crippen molar-refractivity contribution in [1.82, 2.24) is 0 Å². The van der Waals surface area contributed by atoms with Crippen LogP contribution in [0.2, 0.25) is 0 Å². The van der Waals surface area contributed by atoms with E-state index in [4.69, 9.17) is 37.9 Å². The highest BCUT2D eigenvalue weighted by Gasteiger charge is 2.46. The number of carbonyl (C=O) groups excluding carboxylic acids is 4. The van der Waals surface area contributed by atoms with Crippen LogP contribution in [0.4, 0.5) is 0 Å². The molecule has 0 saturated heterocycles. The third-order valence-electron chi connectivity index (χ3n) is 15.8. The van der Waals surface area contributed by atoms with E-state index in [0.717, 1.165) is 66.8 Å². The summed E-state index contributed by atoms with van der Waals surface area (Å²) in [6.07, 6.45) is 0. The van der Waals surface area contributed by atoms with E-state index in [2.05, 4.69) is 187 Å². The first-order valence-electron chi connectivity index (χ1n) is 28.6. The third-order valence-corrected chi connectivity index (χ3v) is 15.8. The number of fused-ring (bicyclic) bond motifs is 8. The van der Waals surface area contributed by atoms with Crippen molar-refractivity contribution in [2.24, 2.45) is 0 Å². The van der Waals surface area contributed by atoms with E-state index >= 15 is 0 Å². The minimum atomic E-state index is -1.05. The van der Waals surface area contributed by atoms with Crippen LogP contribution < -0.4 is 18.9 Å². The van der Waals surface area contributed by atoms with E-state index in [-0.39, 0.29) is 26.4 Å². The zero-order valence-electron chi connectivity index (χ0n) is 53.2. The van der Waals surface area contributed by atoms with Gasteiger partial charge in [-0.15, -0.1) is 0 Å². The van der Waals surface area contributed by atoms with Crippen molar-refractivity contribution in [1.29, 1.82) is 0 Å². The number of benzene rings is 4. The van der Waals surface area contributed by atoms with Gasteiger partial charge in [0.25, 0.3) is 0 Å². The summed E-state index contributed by atoms with van der Waals surface area (Å²) in [5.41, 5.74) is 4.02. The summed E-state index contributed by atoms with van der Waals surface area (Å²) < 4.78 is 50.3. The molecule has 1 aliphatic rings. The summed E-state index contributed by atoms with van der Waals surface area (Å²) in [6, 6.07) is 17.4. The van der Waals surface area contributed by atoms with Crippen molar-refractivity contribution in [3.63, 3.8) is 0 Å². The molecule has 4 aromatic rings. The van der Waals surface area contributed by atoms with Crippen LogP contribution in [-0.2, 0) is 81.4 Å². The largest absolute Gasteiger partial charge is 0.481 e. The highest BCUT2D eigenvalue weighted by Crippen LogP contribution is 2.57. The van der Waals surface area contributed by atoms with E-state index in [1.165, 1.54) is 0 Å². The highest BCUT2D eigenvalue weighted by molar-refractivity contribution is 5.75. The Bertz CT molecular complexity index is 2430. The highest BCUT2D eigenvalue weighted by atomic mass is 16.6. The fourth-order valence-electron chi connectivity index (χ4n) is 10.5. The Kier molecular flexibility index (Phi) is 19.3. The number of esters is 4. The van der Waals surface area contributed by atoms with Crippen LogP contribution in [0.1, 0.15) is 233 Å². The molecule has 0 radical (unpaired) electrons. The minimum Gasteiger partial charge on any atom is -0.481 e. The van der Waals surface area contributed by atoms with Gasteiger partial charge in [-0.05, 0) is 71.6 Å². The minimum absolute atomic E-state index is 0.162. The second kappa shape index (κ2) is 23.8. The maximum atomic E-state index is 13.7. The lowest BCUT2D eigenvalue weighted by Gasteiger charge is -2.42. The summed E-state index contributed by atoms with van der Waals surface area (Å²) in [4.78, 5) is 54.7. The van der Waals surface area contributed by atoms with Gasteiger partial charge in [0, 0.05) is 66.2 Å². The molecule has 5 rings (SSSR count). The molecule has 1 aliphatic carbocycles. The number of hydrogen-bond acceptors (Lipinski definition) is 12. The smallest absolute Gasteiger partial charge is 0.344 e. The van der Waals surface area contributed by atoms with Gasteiger partial charge in [0.2, 0.25) is 0 Å². The SMILES string of the molecule is CCOC(=O)COc1c2cc(C(C)(C)C)cc1C(C)(C)c1cc(C(C)(C)C)cc(c1OCC(=O)OCC)C(C)(C)c1cc(C(C)(C)C)cc(c1OCC(=O)OCC)C(C)(C)c1cc(C(C)(C)C)cc(c1OCC(=O)OCC)C2(C)C. The lowest BCUT2D eigenvalue weighted by Crippen LogP contribution is -2.33. The molecule has 440 valence electrons. The van der Waals surface area contributed by atoms with E-state index < -0.39 is 93.6 Å². The Morgan fingerprint density at radius 3 is 0.550 bits per heavy atom. The average molecular weight is 1110 g/mol. The van der Waals surface area contributed by atoms with Gasteiger partial charge in [-0.2, -0.15) is 0 Å². The van der Waals surface area contributed by atoms with Crippen LogP contribution in [0.25, 0.3) is 0 Å². The van der Waals surface area contributed by atoms with Crippen molar-refractivity contribution in [2.75, 3.05) is 52.9 Å². The van der Waals surface area contributed by atoms with Gasteiger partial charge in [0.1, 0.15) is 23.0 Å². The van der Waals surface area contributed by atoms with Crippen LogP contribution in [0, 0.1) is 0 Å². The zero-order valence-corrected chi connectivity index (χ0v) is 53.2. The average Bonchev–Trinajstić information content (AvgIpc) is 3.33. The Morgan fingerprint density at radius 2 is 0.438 bits per heavy atom. The van der Waals surface area contributed by atoms with Crippen molar-refractivity contribution < 1.29 is 57.1 Å². The number of ether oxygens (including phenoxy) is 8. The summed E-state index contributed by atoms with van der Waals surface area (Å²) >= 11 is 0. The predicted molar refractivity (Wildman–Crippen MR) is 318 cm³/mol. The number of hydrogen-bond donors (Lipinski definition) is 0. The van der Waals surface area contributed by atoms with Crippen LogP contribution in [0.3, 0.4) is 0 Å². The normalized spacial score (nSPS) is 15.5. The number of rotatable bonds is 16. The van der Waals surface area contributed by atoms with Crippen molar-refractivity contribution >= 4 is 23.9 Å². The van der Waals surface area contributed by atoms with Crippen molar-refractivity contribution in [2.45, 2.75) is 209 Å². The van der Waals surface area contributed by atoms with Crippen LogP contribution in [0.15, 0.2) is 48.5 Å². The maximum Gasteiger partial charge on any atom is 0.344 e. The molecule has 12 heteroatoms. The first-order valence-corrected chi connectivity index (χ1v) is 28.6. The van der Waals surface area contributed by atoms with Gasteiger partial charge < -0.3 is 37.9 Å². The van der Waals surface area contributed by atoms with E-state index in [9.17, 15) is 19.2 Å². The topological polar surface area (TPSA) is 142 Å². The van der Waals surface area contributed by atoms with Crippen LogP contribution in [-0.4, -0.2) is 76.7 Å². The summed E-state index contributed by atoms with van der Waals surface area (Å²) in [6.45, 7) is 49.2. The molecular formula is C68H96O12. The van der Waals surface area contributed by atoms with Gasteiger partial charge in [0.05, 0.1) is 26.4 Å². The van der Waals surface area contributed by atoms with E-state index in [0.29, 0.717) is 23.0 Å². The Balaban J connectivity index is 2.31. The van der Waals surface area contributed by atoms with E-state index in [1.807, 2.05) is 0 Å². The lowest BCUT2D eigenvalue weighted by molar-refractivity contribution is -0.146. The molecule has 0 atom stereocenters. The molecule has 0 amide bonds. The Labute approximate surface area is 479 Å². The van der Waals surface area contributed by atoms with Crippen molar-refractivity contribution in [3.05, 3.63) is 115 Å². The maximum absolute atomic E-state index is 13.7. The molecule has 0 spiro atoms. The lowest BCUT2D eigenvalue weighted by atomic mass is 9.64. The molecule has 12 nitrogen and oxygen atoms in total. The zero-order chi connectivity index (χ0) is 60.5. The van der Waals surface area contributed by atoms with Crippen LogP contribution in [0.5, 0.6) is 23.0 Å². The standard InChI is InChI=1S/C68H96O12/c1-25-73-53(69)37-77-57-45-29-41(61(5,6)7)30-46(57)66(19,20)48-32-43(63(11,12)13)34-50(59(48)79-39-55(71)75-27-3)68(23,24)52-36-44(64(14,15)16)35-51(60(52)80-40-56(72)76-28-4)67(21,22)49-33-42(62(8,9)10)31-47(65(45,17)18)58(49)78-38-54(70)74-26-2/h29-36H,25-28,37-40H2,1-24H3. The van der Waals surface area contributed by atoms with Gasteiger partial charge in [0.15, 0.2) is 26.4 Å². The third kappa shape index (κ3) is 13.8. The Hall–Kier alpha value is -6.04. The molecule has 8 bridgehead atoms. The molecule has 80 heavy (non-hydrogen) atoms. The first kappa shape index (κ1) is 64.8. The molecule has 0 fully saturated rings. The molecular weight excluding hydrogens is 1010 g/mol. The summed E-state index contributed by atoms with van der Waals surface area (Å²) in [5.74, 6) is -0.305. The molecule has 4 aromatic carbocycles. The molecule has 0 unspecified atom stereocenters. The van der Waals surface area contributed by atoms with Gasteiger partial charge in [-0.1, -0.05) is 187 Å². The summed E-state index contributed by atoms with van der Waals surface area (Å²) in [7, 11) is 0. The molecule has 0 saturated carbocycles. The van der Waals surface area contributed by atoms with Crippen molar-refractivity contribution in [3.8, 4) is 23.0 Å². The van der Waals surface area contributed by atoms with Gasteiger partial charge in [-0.3, -0.25) is 0 Å². The molecule has 0 aliphatic heterocycles. The quantitative estimate of drug-likeness (QED) is 0.0778. The van der Waals surface area contributed by atoms with Crippen LogP contribution >= 0.6 is 0 Å². The fraction of sp³-hybridized carbons (Fsp3) is 0.588. The van der Waals surface area contributed by atoms with Gasteiger partial charge in [-0.25, -0.2) is 19.2 Å². The monoisotopic (exact) mass is 1100 g/mol.